The summed E-state index contributed by atoms with van der Waals surface area (Å²) in [4.78, 5) is 6.30. The van der Waals surface area contributed by atoms with Crippen LogP contribution in [-0.4, -0.2) is 48.5 Å². The molecular weight excluding hydrogens is 405 g/mol. The third kappa shape index (κ3) is 4.64. The average Bonchev–Trinajstić information content (AvgIpc) is 3.19. The van der Waals surface area contributed by atoms with Crippen LogP contribution in [0.25, 0.3) is 0 Å². The van der Waals surface area contributed by atoms with Crippen molar-refractivity contribution < 1.29 is 4.39 Å². The Hall–Kier alpha value is -2.34. The van der Waals surface area contributed by atoms with Gasteiger partial charge in [0.25, 0.3) is 0 Å². The van der Waals surface area contributed by atoms with E-state index in [9.17, 15) is 4.39 Å². The highest BCUT2D eigenvalue weighted by Gasteiger charge is 2.32. The summed E-state index contributed by atoms with van der Waals surface area (Å²) in [7, 11) is 0. The number of hydrogen-bond acceptors (Lipinski definition) is 4. The van der Waals surface area contributed by atoms with Gasteiger partial charge in [-0.25, -0.2) is 8.70 Å². The first-order valence-electron chi connectivity index (χ1n) is 11.1. The van der Waals surface area contributed by atoms with E-state index in [2.05, 4.69) is 68.7 Å². The number of anilines is 1. The molecule has 0 saturated carbocycles. The summed E-state index contributed by atoms with van der Waals surface area (Å²) in [5.41, 5.74) is 3.91. The van der Waals surface area contributed by atoms with Crippen LogP contribution < -0.4 is 4.90 Å². The van der Waals surface area contributed by atoms with Crippen LogP contribution in [0.2, 0.25) is 0 Å². The number of fused-ring (bicyclic) bond motifs is 1. The first kappa shape index (κ1) is 20.6. The Bertz CT molecular complexity index is 987. The van der Waals surface area contributed by atoms with Crippen LogP contribution in [0.5, 0.6) is 0 Å². The molecule has 1 atom stereocenters. The monoisotopic (exact) mass is 433 g/mol. The molecule has 3 aromatic carbocycles. The topological polar surface area (TPSA) is 9.72 Å². The lowest BCUT2D eigenvalue weighted by molar-refractivity contribution is 0.245. The molecule has 5 rings (SSSR count). The van der Waals surface area contributed by atoms with Gasteiger partial charge in [-0.3, -0.25) is 4.90 Å². The molecule has 0 radical (unpaired) electrons. The molecule has 0 aliphatic carbocycles. The number of halogens is 1. The number of benzene rings is 3. The second-order valence-corrected chi connectivity index (χ2v) is 9.33. The fourth-order valence-corrected chi connectivity index (χ4v) is 5.85. The Labute approximate surface area is 188 Å². The van der Waals surface area contributed by atoms with Gasteiger partial charge in [0.15, 0.2) is 0 Å². The van der Waals surface area contributed by atoms with E-state index >= 15 is 0 Å². The number of hydrogen-bond donors (Lipinski definition) is 0. The van der Waals surface area contributed by atoms with Crippen LogP contribution in [0.3, 0.4) is 0 Å². The minimum absolute atomic E-state index is 0.168. The molecule has 1 saturated heterocycles. The van der Waals surface area contributed by atoms with Crippen LogP contribution in [0.4, 0.5) is 10.1 Å². The maximum absolute atomic E-state index is 13.2. The molecule has 0 aromatic heterocycles. The standard InChI is InChI=1S/C26H28FN3S/c27-22-11-13-23(14-12-22)29-19-17-28(18-20-29)15-6-16-30-26(21-7-2-1-3-8-21)24-9-4-5-10-25(24)31-30/h1-5,7-14,26H,6,15-20H2. The molecule has 0 spiro atoms. The molecule has 2 aliphatic rings. The van der Waals surface area contributed by atoms with Crippen LogP contribution in [-0.2, 0) is 0 Å². The van der Waals surface area contributed by atoms with Gasteiger partial charge in [0, 0.05) is 43.3 Å². The van der Waals surface area contributed by atoms with Gasteiger partial charge in [-0.05, 0) is 66.4 Å². The predicted octanol–water partition coefficient (Wildman–Crippen LogP) is 5.45. The van der Waals surface area contributed by atoms with Crippen molar-refractivity contribution >= 4 is 17.6 Å². The predicted molar refractivity (Wildman–Crippen MR) is 127 cm³/mol. The molecule has 3 aromatic rings. The van der Waals surface area contributed by atoms with Crippen molar-refractivity contribution in [2.45, 2.75) is 17.4 Å². The number of nitrogens with zero attached hydrogens (tertiary/aromatic N) is 3. The Morgan fingerprint density at radius 3 is 2.26 bits per heavy atom. The van der Waals surface area contributed by atoms with Crippen LogP contribution in [0.15, 0.2) is 83.8 Å². The van der Waals surface area contributed by atoms with E-state index in [-0.39, 0.29) is 5.82 Å². The minimum Gasteiger partial charge on any atom is -0.369 e. The quantitative estimate of drug-likeness (QED) is 0.478. The van der Waals surface area contributed by atoms with Crippen molar-refractivity contribution in [3.8, 4) is 0 Å². The fourth-order valence-electron chi connectivity index (χ4n) is 4.61. The van der Waals surface area contributed by atoms with Gasteiger partial charge in [-0.15, -0.1) is 0 Å². The van der Waals surface area contributed by atoms with Gasteiger partial charge in [0.05, 0.1) is 6.04 Å². The first-order valence-corrected chi connectivity index (χ1v) is 11.9. The van der Waals surface area contributed by atoms with Gasteiger partial charge >= 0.3 is 0 Å². The number of piperazine rings is 1. The van der Waals surface area contributed by atoms with Crippen molar-refractivity contribution in [3.05, 3.63) is 95.8 Å². The lowest BCUT2D eigenvalue weighted by atomic mass is 9.98. The molecule has 2 aliphatic heterocycles. The second kappa shape index (κ2) is 9.43. The van der Waals surface area contributed by atoms with Gasteiger partial charge < -0.3 is 4.90 Å². The van der Waals surface area contributed by atoms with Crippen molar-refractivity contribution in [1.29, 1.82) is 0 Å². The van der Waals surface area contributed by atoms with Crippen LogP contribution >= 0.6 is 11.9 Å². The Kier molecular flexibility index (Phi) is 6.25. The lowest BCUT2D eigenvalue weighted by Gasteiger charge is -2.36. The smallest absolute Gasteiger partial charge is 0.123 e. The summed E-state index contributed by atoms with van der Waals surface area (Å²) in [6.45, 7) is 6.31. The summed E-state index contributed by atoms with van der Waals surface area (Å²) in [5, 5.41) is 0. The van der Waals surface area contributed by atoms with E-state index in [1.54, 1.807) is 12.1 Å². The molecule has 0 bridgehead atoms. The summed E-state index contributed by atoms with van der Waals surface area (Å²) in [6.07, 6.45) is 1.15. The fraction of sp³-hybridized carbons (Fsp3) is 0.308. The van der Waals surface area contributed by atoms with Gasteiger partial charge in [-0.1, -0.05) is 48.5 Å². The molecule has 1 unspecified atom stereocenters. The summed E-state index contributed by atoms with van der Waals surface area (Å²) >= 11 is 1.90. The zero-order chi connectivity index (χ0) is 21.0. The van der Waals surface area contributed by atoms with Gasteiger partial charge in [0.2, 0.25) is 0 Å². The molecule has 1 fully saturated rings. The maximum atomic E-state index is 13.2. The summed E-state index contributed by atoms with van der Waals surface area (Å²) in [5.74, 6) is -0.168. The largest absolute Gasteiger partial charge is 0.369 e. The third-order valence-corrected chi connectivity index (χ3v) is 7.45. The molecule has 3 nitrogen and oxygen atoms in total. The highest BCUT2D eigenvalue weighted by molar-refractivity contribution is 7.97. The zero-order valence-corrected chi connectivity index (χ0v) is 18.5. The van der Waals surface area contributed by atoms with Crippen LogP contribution in [0, 0.1) is 5.82 Å². The summed E-state index contributed by atoms with van der Waals surface area (Å²) in [6, 6.07) is 26.9. The van der Waals surface area contributed by atoms with Gasteiger partial charge in [-0.2, -0.15) is 0 Å². The Balaban J connectivity index is 1.16. The van der Waals surface area contributed by atoms with E-state index < -0.39 is 0 Å². The molecule has 0 N–H and O–H groups in total. The van der Waals surface area contributed by atoms with Crippen molar-refractivity contribution in [1.82, 2.24) is 9.21 Å². The Morgan fingerprint density at radius 2 is 1.48 bits per heavy atom. The first-order chi connectivity index (χ1) is 15.3. The van der Waals surface area contributed by atoms with E-state index in [4.69, 9.17) is 0 Å². The highest BCUT2D eigenvalue weighted by atomic mass is 32.2. The third-order valence-electron chi connectivity index (χ3n) is 6.25. The molecule has 2 heterocycles. The average molecular weight is 434 g/mol. The molecule has 0 amide bonds. The van der Waals surface area contributed by atoms with Crippen molar-refractivity contribution in [2.75, 3.05) is 44.2 Å². The molecular formula is C26H28FN3S. The lowest BCUT2D eigenvalue weighted by Crippen LogP contribution is -2.47. The SMILES string of the molecule is Fc1ccc(N2CCN(CCCN3Sc4ccccc4C3c3ccccc3)CC2)cc1. The molecule has 5 heteroatoms. The zero-order valence-electron chi connectivity index (χ0n) is 17.7. The highest BCUT2D eigenvalue weighted by Crippen LogP contribution is 2.47. The van der Waals surface area contributed by atoms with Crippen molar-refractivity contribution in [2.24, 2.45) is 0 Å². The number of rotatable bonds is 6. The van der Waals surface area contributed by atoms with E-state index in [1.165, 1.54) is 16.0 Å². The minimum atomic E-state index is -0.168. The normalized spacial score (nSPS) is 19.5. The van der Waals surface area contributed by atoms with E-state index in [0.29, 0.717) is 6.04 Å². The maximum Gasteiger partial charge on any atom is 0.123 e. The molecule has 31 heavy (non-hydrogen) atoms. The van der Waals surface area contributed by atoms with Crippen molar-refractivity contribution in [3.63, 3.8) is 0 Å². The molecule has 160 valence electrons. The second-order valence-electron chi connectivity index (χ2n) is 8.24. The van der Waals surface area contributed by atoms with Gasteiger partial charge in [0.1, 0.15) is 5.82 Å². The van der Waals surface area contributed by atoms with E-state index in [0.717, 1.165) is 51.4 Å². The summed E-state index contributed by atoms with van der Waals surface area (Å²) < 4.78 is 15.7. The van der Waals surface area contributed by atoms with Crippen LogP contribution in [0.1, 0.15) is 23.6 Å². The van der Waals surface area contributed by atoms with E-state index in [1.807, 2.05) is 24.1 Å². The Morgan fingerprint density at radius 1 is 0.774 bits per heavy atom.